The molecule has 0 fully saturated rings. The van der Waals surface area contributed by atoms with Gasteiger partial charge in [0.2, 0.25) is 0 Å². The Bertz CT molecular complexity index is 1020. The first-order valence-electron chi connectivity index (χ1n) is 8.37. The summed E-state index contributed by atoms with van der Waals surface area (Å²) in [5.41, 5.74) is 1.70. The number of benzene rings is 2. The zero-order valence-electron chi connectivity index (χ0n) is 15.2. The fourth-order valence-corrected chi connectivity index (χ4v) is 3.29. The number of rotatable bonds is 6. The quantitative estimate of drug-likeness (QED) is 0.482. The number of hydrogen-bond donors (Lipinski definition) is 1. The first kappa shape index (κ1) is 19.4. The number of nitrogens with zero attached hydrogens (tertiary/aromatic N) is 1. The number of aromatic nitrogens is 1. The van der Waals surface area contributed by atoms with Crippen LogP contribution < -0.4 is 10.1 Å². The molecule has 0 atom stereocenters. The second kappa shape index (κ2) is 8.58. The molecule has 1 aromatic heterocycles. The van der Waals surface area contributed by atoms with Crippen LogP contribution in [0.5, 0.6) is 5.75 Å². The molecule has 3 aromatic rings. The maximum Gasteiger partial charge on any atom is 0.257 e. The van der Waals surface area contributed by atoms with Gasteiger partial charge in [-0.25, -0.2) is 9.37 Å². The summed E-state index contributed by atoms with van der Waals surface area (Å²) in [5, 5.41) is 3.05. The predicted octanol–water partition coefficient (Wildman–Crippen LogP) is 4.75. The zero-order valence-corrected chi connectivity index (χ0v) is 16.0. The second-order valence-electron chi connectivity index (χ2n) is 5.87. The summed E-state index contributed by atoms with van der Waals surface area (Å²) in [6.07, 6.45) is 3.01. The second-order valence-corrected chi connectivity index (χ2v) is 6.86. The van der Waals surface area contributed by atoms with Crippen molar-refractivity contribution in [2.75, 3.05) is 12.4 Å². The molecule has 0 saturated heterocycles. The van der Waals surface area contributed by atoms with E-state index in [0.717, 1.165) is 11.3 Å². The fourth-order valence-electron chi connectivity index (χ4n) is 2.41. The first-order chi connectivity index (χ1) is 13.5. The number of carbonyl (C=O) groups excluding carboxylic acids is 2. The third-order valence-electron chi connectivity index (χ3n) is 3.89. The number of ketones is 1. The minimum absolute atomic E-state index is 0.232. The number of carbonyl (C=O) groups is 2. The Kier molecular flexibility index (Phi) is 5.96. The number of hydrogen-bond acceptors (Lipinski definition) is 5. The van der Waals surface area contributed by atoms with E-state index >= 15 is 0 Å². The number of methoxy groups -OCH3 is 1. The number of thiazole rings is 1. The van der Waals surface area contributed by atoms with Gasteiger partial charge in [-0.15, -0.1) is 0 Å². The molecule has 5 nitrogen and oxygen atoms in total. The van der Waals surface area contributed by atoms with Crippen molar-refractivity contribution >= 4 is 34.2 Å². The summed E-state index contributed by atoms with van der Waals surface area (Å²) in [4.78, 5) is 29.4. The minimum Gasteiger partial charge on any atom is -0.497 e. The molecule has 0 aliphatic rings. The Hall–Kier alpha value is -3.32. The van der Waals surface area contributed by atoms with E-state index in [4.69, 9.17) is 4.74 Å². The molecule has 0 spiro atoms. The SMILES string of the molecule is COc1ccc(C(=O)Nc2nc(C)c(C(=O)/C=C/c3ccc(F)cc3)s2)cc1. The van der Waals surface area contributed by atoms with Crippen LogP contribution in [0.2, 0.25) is 0 Å². The van der Waals surface area contributed by atoms with Gasteiger partial charge in [0.1, 0.15) is 11.6 Å². The maximum absolute atomic E-state index is 12.9. The van der Waals surface area contributed by atoms with Crippen molar-refractivity contribution in [2.45, 2.75) is 6.92 Å². The standard InChI is InChI=1S/C21H17FN2O3S/c1-13-19(18(25)12-5-14-3-8-16(22)9-4-14)28-21(23-13)24-20(26)15-6-10-17(27-2)11-7-15/h3-12H,1-2H3,(H,23,24,26)/b12-5+. The van der Waals surface area contributed by atoms with Crippen molar-refractivity contribution < 1.29 is 18.7 Å². The van der Waals surface area contributed by atoms with E-state index in [1.807, 2.05) is 0 Å². The van der Waals surface area contributed by atoms with E-state index in [1.165, 1.54) is 18.2 Å². The molecule has 0 saturated carbocycles. The molecule has 0 bridgehead atoms. The number of allylic oxidation sites excluding steroid dienone is 1. The molecule has 28 heavy (non-hydrogen) atoms. The number of nitrogens with one attached hydrogen (secondary N) is 1. The molecule has 0 unspecified atom stereocenters. The van der Waals surface area contributed by atoms with Gasteiger partial charge in [0.05, 0.1) is 17.7 Å². The summed E-state index contributed by atoms with van der Waals surface area (Å²) in [6.45, 7) is 1.71. The summed E-state index contributed by atoms with van der Waals surface area (Å²) >= 11 is 1.11. The Balaban J connectivity index is 1.70. The summed E-state index contributed by atoms with van der Waals surface area (Å²) in [6, 6.07) is 12.5. The van der Waals surface area contributed by atoms with Gasteiger partial charge < -0.3 is 4.74 Å². The number of halogens is 1. The smallest absolute Gasteiger partial charge is 0.257 e. The van der Waals surface area contributed by atoms with Crippen molar-refractivity contribution in [3.05, 3.63) is 82.1 Å². The zero-order chi connectivity index (χ0) is 20.1. The number of amides is 1. The Morgan fingerprint density at radius 2 is 1.79 bits per heavy atom. The van der Waals surface area contributed by atoms with Crippen LogP contribution in [0.25, 0.3) is 6.08 Å². The van der Waals surface area contributed by atoms with Crippen molar-refractivity contribution in [2.24, 2.45) is 0 Å². The van der Waals surface area contributed by atoms with Crippen LogP contribution in [-0.4, -0.2) is 23.8 Å². The predicted molar refractivity (Wildman–Crippen MR) is 108 cm³/mol. The van der Waals surface area contributed by atoms with Crippen LogP contribution in [0.4, 0.5) is 9.52 Å². The van der Waals surface area contributed by atoms with Gasteiger partial charge in [-0.05, 0) is 55.0 Å². The van der Waals surface area contributed by atoms with Gasteiger partial charge >= 0.3 is 0 Å². The van der Waals surface area contributed by atoms with Gasteiger partial charge in [-0.3, -0.25) is 14.9 Å². The van der Waals surface area contributed by atoms with Crippen LogP contribution >= 0.6 is 11.3 Å². The Labute approximate surface area is 165 Å². The molecule has 7 heteroatoms. The van der Waals surface area contributed by atoms with Crippen molar-refractivity contribution in [3.63, 3.8) is 0 Å². The summed E-state index contributed by atoms with van der Waals surface area (Å²) < 4.78 is 18.0. The molecule has 0 aliphatic carbocycles. The van der Waals surface area contributed by atoms with Crippen molar-refractivity contribution in [1.82, 2.24) is 4.98 Å². The molecule has 3 rings (SSSR count). The summed E-state index contributed by atoms with van der Waals surface area (Å²) in [5.74, 6) is -0.233. The maximum atomic E-state index is 12.9. The number of anilines is 1. The molecule has 0 radical (unpaired) electrons. The number of ether oxygens (including phenoxy) is 1. The minimum atomic E-state index is -0.334. The summed E-state index contributed by atoms with van der Waals surface area (Å²) in [7, 11) is 1.55. The Morgan fingerprint density at radius 3 is 2.43 bits per heavy atom. The average molecular weight is 396 g/mol. The molecule has 2 aromatic carbocycles. The van der Waals surface area contributed by atoms with E-state index in [1.54, 1.807) is 56.5 Å². The highest BCUT2D eigenvalue weighted by molar-refractivity contribution is 7.18. The van der Waals surface area contributed by atoms with E-state index in [-0.39, 0.29) is 17.5 Å². The average Bonchev–Trinajstić information content (AvgIpc) is 3.07. The topological polar surface area (TPSA) is 68.3 Å². The normalized spacial score (nSPS) is 10.8. The molecule has 1 amide bonds. The highest BCUT2D eigenvalue weighted by atomic mass is 32.1. The van der Waals surface area contributed by atoms with Gasteiger partial charge in [-0.2, -0.15) is 0 Å². The lowest BCUT2D eigenvalue weighted by Gasteiger charge is -2.03. The van der Waals surface area contributed by atoms with E-state index in [2.05, 4.69) is 10.3 Å². The molecule has 1 N–H and O–H groups in total. The lowest BCUT2D eigenvalue weighted by molar-refractivity contribution is 0.102. The van der Waals surface area contributed by atoms with Gasteiger partial charge in [0, 0.05) is 5.56 Å². The van der Waals surface area contributed by atoms with E-state index in [9.17, 15) is 14.0 Å². The lowest BCUT2D eigenvalue weighted by Crippen LogP contribution is -2.11. The van der Waals surface area contributed by atoms with Gasteiger partial charge in [-0.1, -0.05) is 29.5 Å². The molecular weight excluding hydrogens is 379 g/mol. The molecule has 142 valence electrons. The van der Waals surface area contributed by atoms with Gasteiger partial charge in [0.15, 0.2) is 10.9 Å². The monoisotopic (exact) mass is 396 g/mol. The van der Waals surface area contributed by atoms with E-state index in [0.29, 0.717) is 32.6 Å². The fraction of sp³-hybridized carbons (Fsp3) is 0.0952. The molecule has 1 heterocycles. The van der Waals surface area contributed by atoms with E-state index < -0.39 is 0 Å². The van der Waals surface area contributed by atoms with Crippen LogP contribution in [0.1, 0.15) is 31.3 Å². The van der Waals surface area contributed by atoms with Gasteiger partial charge in [0.25, 0.3) is 5.91 Å². The first-order valence-corrected chi connectivity index (χ1v) is 9.18. The highest BCUT2D eigenvalue weighted by Crippen LogP contribution is 2.24. The Morgan fingerprint density at radius 1 is 1.11 bits per heavy atom. The van der Waals surface area contributed by atoms with Crippen LogP contribution in [-0.2, 0) is 0 Å². The number of aryl methyl sites for hydroxylation is 1. The molecule has 0 aliphatic heterocycles. The largest absolute Gasteiger partial charge is 0.497 e. The third kappa shape index (κ3) is 4.69. The lowest BCUT2D eigenvalue weighted by atomic mass is 10.2. The third-order valence-corrected chi connectivity index (χ3v) is 4.98. The van der Waals surface area contributed by atoms with Crippen LogP contribution in [0.15, 0.2) is 54.6 Å². The van der Waals surface area contributed by atoms with Crippen molar-refractivity contribution in [1.29, 1.82) is 0 Å². The van der Waals surface area contributed by atoms with Crippen molar-refractivity contribution in [3.8, 4) is 5.75 Å². The van der Waals surface area contributed by atoms with Crippen LogP contribution in [0, 0.1) is 12.7 Å². The van der Waals surface area contributed by atoms with Crippen LogP contribution in [0.3, 0.4) is 0 Å². The molecular formula is C21H17FN2O3S. The highest BCUT2D eigenvalue weighted by Gasteiger charge is 2.15.